The van der Waals surface area contributed by atoms with Gasteiger partial charge in [0.2, 0.25) is 12.1 Å². The normalized spacial score (nSPS) is 30.5. The third-order valence-corrected chi connectivity index (χ3v) is 4.58. The average molecular weight is 336 g/mol. The fourth-order valence-corrected chi connectivity index (χ4v) is 3.20. The highest BCUT2D eigenvalue weighted by Gasteiger charge is 2.44. The molecular formula is C19H28O5. The summed E-state index contributed by atoms with van der Waals surface area (Å²) in [7, 11) is 0. The summed E-state index contributed by atoms with van der Waals surface area (Å²) < 4.78 is 6.01. The summed E-state index contributed by atoms with van der Waals surface area (Å²) >= 11 is 0. The Bertz CT molecular complexity index is 480. The second-order valence-electron chi connectivity index (χ2n) is 6.56. The first-order valence-corrected chi connectivity index (χ1v) is 9.22. The quantitative estimate of drug-likeness (QED) is 0.520. The minimum absolute atomic E-state index is 0.426. The Morgan fingerprint density at radius 1 is 1.00 bits per heavy atom. The van der Waals surface area contributed by atoms with Crippen molar-refractivity contribution in [2.75, 3.05) is 0 Å². The van der Waals surface area contributed by atoms with Gasteiger partial charge in [0.25, 0.3) is 0 Å². The van der Waals surface area contributed by atoms with Crippen LogP contribution < -0.4 is 0 Å². The Kier molecular flexibility index (Phi) is 6.63. The fourth-order valence-electron chi connectivity index (χ4n) is 3.20. The molecule has 0 aromatic heterocycles. The molecule has 3 atom stereocenters. The summed E-state index contributed by atoms with van der Waals surface area (Å²) in [6.07, 6.45) is 8.21. The van der Waals surface area contributed by atoms with Crippen molar-refractivity contribution in [2.45, 2.75) is 83.1 Å². The van der Waals surface area contributed by atoms with E-state index >= 15 is 0 Å². The first-order chi connectivity index (χ1) is 11.8. The molecule has 3 unspecified atom stereocenters. The molecule has 3 rings (SSSR count). The molecule has 0 aliphatic carbocycles. The third kappa shape index (κ3) is 4.55. The molecule has 0 saturated carbocycles. The second-order valence-corrected chi connectivity index (χ2v) is 6.56. The molecule has 0 spiro atoms. The maximum Gasteiger partial charge on any atom is 0.230 e. The number of hydrogen-bond donors (Lipinski definition) is 0. The number of rotatable bonds is 7. The van der Waals surface area contributed by atoms with Crippen LogP contribution in [0.1, 0.15) is 70.3 Å². The minimum atomic E-state index is -0.908. The second kappa shape index (κ2) is 8.92. The summed E-state index contributed by atoms with van der Waals surface area (Å²) in [4.78, 5) is 22.2. The Labute approximate surface area is 144 Å². The van der Waals surface area contributed by atoms with Crippen LogP contribution >= 0.6 is 0 Å². The van der Waals surface area contributed by atoms with E-state index in [9.17, 15) is 0 Å². The number of fused-ring (bicyclic) bond motifs is 2. The van der Waals surface area contributed by atoms with Gasteiger partial charge in [-0.1, -0.05) is 62.9 Å². The van der Waals surface area contributed by atoms with E-state index in [4.69, 9.17) is 24.3 Å². The molecule has 1 aromatic carbocycles. The Balaban J connectivity index is 1.60. The predicted molar refractivity (Wildman–Crippen MR) is 88.3 cm³/mol. The van der Waals surface area contributed by atoms with Crippen LogP contribution in [0.4, 0.5) is 0 Å². The summed E-state index contributed by atoms with van der Waals surface area (Å²) in [5, 5.41) is 0. The van der Waals surface area contributed by atoms with Crippen molar-refractivity contribution in [3.05, 3.63) is 35.9 Å². The van der Waals surface area contributed by atoms with Crippen molar-refractivity contribution < 1.29 is 24.3 Å². The van der Waals surface area contributed by atoms with Crippen molar-refractivity contribution in [3.63, 3.8) is 0 Å². The van der Waals surface area contributed by atoms with Gasteiger partial charge in [0, 0.05) is 24.8 Å². The summed E-state index contributed by atoms with van der Waals surface area (Å²) in [6, 6.07) is 9.91. The predicted octanol–water partition coefficient (Wildman–Crippen LogP) is 4.96. The van der Waals surface area contributed by atoms with E-state index < -0.39 is 18.4 Å². The van der Waals surface area contributed by atoms with E-state index in [1.54, 1.807) is 0 Å². The van der Waals surface area contributed by atoms with E-state index in [1.807, 2.05) is 30.3 Å². The van der Waals surface area contributed by atoms with Crippen molar-refractivity contribution in [2.24, 2.45) is 0 Å². The van der Waals surface area contributed by atoms with E-state index in [0.29, 0.717) is 0 Å². The number of hydrogen-bond acceptors (Lipinski definition) is 5. The van der Waals surface area contributed by atoms with Crippen LogP contribution in [0.5, 0.6) is 0 Å². The number of unbranched alkanes of at least 4 members (excludes halogenated alkanes) is 4. The lowest BCUT2D eigenvalue weighted by Gasteiger charge is -2.41. The van der Waals surface area contributed by atoms with Crippen LogP contribution in [0.3, 0.4) is 0 Å². The SMILES string of the molecule is CCCCCCCC1OOC2CCCC(c3ccccc3)(OO1)O2. The largest absolute Gasteiger partial charge is 0.311 e. The zero-order valence-electron chi connectivity index (χ0n) is 14.4. The molecule has 2 heterocycles. The molecule has 24 heavy (non-hydrogen) atoms. The molecule has 2 aliphatic rings. The van der Waals surface area contributed by atoms with Gasteiger partial charge in [-0.2, -0.15) is 14.7 Å². The summed E-state index contributed by atoms with van der Waals surface area (Å²) in [6.45, 7) is 2.21. The van der Waals surface area contributed by atoms with Crippen LogP contribution in [0.2, 0.25) is 0 Å². The summed E-state index contributed by atoms with van der Waals surface area (Å²) in [5.41, 5.74) is 0.946. The Morgan fingerprint density at radius 2 is 1.83 bits per heavy atom. The lowest BCUT2D eigenvalue weighted by Crippen LogP contribution is -2.45. The number of ether oxygens (including phenoxy) is 1. The first-order valence-electron chi connectivity index (χ1n) is 9.22. The highest BCUT2D eigenvalue weighted by Crippen LogP contribution is 2.41. The molecule has 2 aliphatic heterocycles. The van der Waals surface area contributed by atoms with Gasteiger partial charge in [0.1, 0.15) is 0 Å². The topological polar surface area (TPSA) is 46.2 Å². The van der Waals surface area contributed by atoms with Gasteiger partial charge in [-0.25, -0.2) is 4.89 Å². The van der Waals surface area contributed by atoms with E-state index in [0.717, 1.165) is 37.7 Å². The van der Waals surface area contributed by atoms with Gasteiger partial charge in [-0.3, -0.25) is 0 Å². The maximum atomic E-state index is 6.01. The lowest BCUT2D eigenvalue weighted by molar-refractivity contribution is -0.589. The molecule has 5 heteroatoms. The van der Waals surface area contributed by atoms with Crippen LogP contribution in [0.25, 0.3) is 0 Å². The zero-order chi connectivity index (χ0) is 16.7. The van der Waals surface area contributed by atoms with Crippen LogP contribution in [-0.4, -0.2) is 12.6 Å². The van der Waals surface area contributed by atoms with Gasteiger partial charge < -0.3 is 4.74 Å². The fraction of sp³-hybridized carbons (Fsp3) is 0.684. The van der Waals surface area contributed by atoms with E-state index in [2.05, 4.69) is 6.92 Å². The molecule has 5 nitrogen and oxygen atoms in total. The molecule has 2 saturated heterocycles. The van der Waals surface area contributed by atoms with Crippen LogP contribution in [0.15, 0.2) is 30.3 Å². The maximum absolute atomic E-state index is 6.01. The zero-order valence-corrected chi connectivity index (χ0v) is 14.4. The smallest absolute Gasteiger partial charge is 0.230 e. The molecule has 0 N–H and O–H groups in total. The highest BCUT2D eigenvalue weighted by atomic mass is 17.3. The molecule has 134 valence electrons. The molecule has 2 fully saturated rings. The van der Waals surface area contributed by atoms with Crippen molar-refractivity contribution in [1.82, 2.24) is 0 Å². The third-order valence-electron chi connectivity index (χ3n) is 4.58. The van der Waals surface area contributed by atoms with Crippen molar-refractivity contribution in [3.8, 4) is 0 Å². The van der Waals surface area contributed by atoms with Gasteiger partial charge >= 0.3 is 0 Å². The van der Waals surface area contributed by atoms with Gasteiger partial charge in [0.05, 0.1) is 0 Å². The van der Waals surface area contributed by atoms with Gasteiger partial charge in [-0.05, 0) is 12.8 Å². The van der Waals surface area contributed by atoms with Crippen molar-refractivity contribution in [1.29, 1.82) is 0 Å². The average Bonchev–Trinajstić information content (AvgIpc) is 2.63. The highest BCUT2D eigenvalue weighted by molar-refractivity contribution is 5.20. The van der Waals surface area contributed by atoms with Gasteiger partial charge in [0.15, 0.2) is 6.29 Å². The summed E-state index contributed by atoms with van der Waals surface area (Å²) in [5.74, 6) is -0.908. The molecule has 1 aromatic rings. The van der Waals surface area contributed by atoms with Gasteiger partial charge in [-0.15, -0.1) is 0 Å². The monoisotopic (exact) mass is 336 g/mol. The molecular weight excluding hydrogens is 308 g/mol. The Morgan fingerprint density at radius 3 is 2.67 bits per heavy atom. The van der Waals surface area contributed by atoms with Crippen LogP contribution in [-0.2, 0) is 30.1 Å². The first kappa shape index (κ1) is 17.8. The van der Waals surface area contributed by atoms with E-state index in [1.165, 1.54) is 25.7 Å². The van der Waals surface area contributed by atoms with Crippen LogP contribution in [0, 0.1) is 0 Å². The molecule has 0 amide bonds. The lowest BCUT2D eigenvalue weighted by atomic mass is 9.97. The Hall–Kier alpha value is -0.980. The standard InChI is InChI=1S/C19H28O5/c1-2-3-4-5-9-13-18-22-21-17-14-10-15-19(20-17,24-23-18)16-11-7-6-8-12-16/h6-8,11-12,17-18H,2-5,9-10,13-15H2,1H3. The molecule has 0 radical (unpaired) electrons. The van der Waals surface area contributed by atoms with E-state index in [-0.39, 0.29) is 0 Å². The minimum Gasteiger partial charge on any atom is -0.311 e. The molecule has 2 bridgehead atoms. The van der Waals surface area contributed by atoms with Crippen molar-refractivity contribution >= 4 is 0 Å². The number of benzene rings is 1.